The molecule has 1 aromatic heterocycles. The van der Waals surface area contributed by atoms with Gasteiger partial charge in [-0.2, -0.15) is 0 Å². The maximum absolute atomic E-state index is 8.36. The maximum atomic E-state index is 8.36. The van der Waals surface area contributed by atoms with E-state index in [1.807, 2.05) is 13.8 Å². The zero-order chi connectivity index (χ0) is 12.7. The number of oxime groups is 1. The van der Waals surface area contributed by atoms with Gasteiger partial charge in [0.25, 0.3) is 0 Å². The van der Waals surface area contributed by atoms with Crippen molar-refractivity contribution in [2.75, 3.05) is 6.54 Å². The molecule has 0 saturated heterocycles. The summed E-state index contributed by atoms with van der Waals surface area (Å²) in [5, 5.41) is 14.6. The van der Waals surface area contributed by atoms with Crippen LogP contribution in [0.5, 0.6) is 0 Å². The van der Waals surface area contributed by atoms with Gasteiger partial charge in [0.15, 0.2) is 0 Å². The van der Waals surface area contributed by atoms with Gasteiger partial charge in [-0.1, -0.05) is 5.16 Å². The third-order valence-corrected chi connectivity index (χ3v) is 2.45. The van der Waals surface area contributed by atoms with Crippen LogP contribution in [-0.2, 0) is 0 Å². The molecule has 0 radical (unpaired) electrons. The van der Waals surface area contributed by atoms with Crippen molar-refractivity contribution in [3.8, 4) is 0 Å². The van der Waals surface area contributed by atoms with Crippen LogP contribution in [0.3, 0.4) is 0 Å². The van der Waals surface area contributed by atoms with Crippen LogP contribution in [0, 0.1) is 6.92 Å². The average Bonchev–Trinajstić information content (AvgIpc) is 2.75. The molecule has 0 aromatic carbocycles. The highest BCUT2D eigenvalue weighted by Crippen LogP contribution is 2.11. The third-order valence-electron chi connectivity index (χ3n) is 2.45. The molecule has 1 rings (SSSR count). The average molecular weight is 240 g/mol. The molecule has 6 nitrogen and oxygen atoms in total. The Morgan fingerprint density at radius 2 is 2.41 bits per heavy atom. The normalized spacial score (nSPS) is 13.9. The number of hydrogen-bond donors (Lipinski definition) is 3. The van der Waals surface area contributed by atoms with E-state index in [9.17, 15) is 0 Å². The Morgan fingerprint density at radius 1 is 1.65 bits per heavy atom. The lowest BCUT2D eigenvalue weighted by Crippen LogP contribution is -2.20. The minimum atomic E-state index is 0.104. The Labute approximate surface area is 101 Å². The van der Waals surface area contributed by atoms with E-state index in [0.717, 1.165) is 25.1 Å². The zero-order valence-electron chi connectivity index (χ0n) is 10.3. The molecular formula is C11H20N4O2. The molecule has 17 heavy (non-hydrogen) atoms. The SMILES string of the molecule is Cc1cnc(C(C)NCCCC/C(N)=N/O)o1. The predicted octanol–water partition coefficient (Wildman–Crippen LogP) is 1.55. The lowest BCUT2D eigenvalue weighted by Gasteiger charge is -2.09. The molecule has 1 heterocycles. The van der Waals surface area contributed by atoms with Gasteiger partial charge in [-0.15, -0.1) is 0 Å². The largest absolute Gasteiger partial charge is 0.444 e. The minimum Gasteiger partial charge on any atom is -0.444 e. The summed E-state index contributed by atoms with van der Waals surface area (Å²) in [4.78, 5) is 4.15. The molecule has 0 spiro atoms. The highest BCUT2D eigenvalue weighted by molar-refractivity contribution is 5.79. The first-order valence-electron chi connectivity index (χ1n) is 5.75. The quantitative estimate of drug-likeness (QED) is 0.221. The lowest BCUT2D eigenvalue weighted by molar-refractivity contribution is 0.316. The summed E-state index contributed by atoms with van der Waals surface area (Å²) in [5.41, 5.74) is 5.36. The van der Waals surface area contributed by atoms with Crippen LogP contribution in [-0.4, -0.2) is 22.6 Å². The van der Waals surface area contributed by atoms with E-state index < -0.39 is 0 Å². The van der Waals surface area contributed by atoms with Gasteiger partial charge in [0.05, 0.1) is 12.2 Å². The Morgan fingerprint density at radius 3 is 3.00 bits per heavy atom. The van der Waals surface area contributed by atoms with Crippen LogP contribution < -0.4 is 11.1 Å². The van der Waals surface area contributed by atoms with Crippen molar-refractivity contribution < 1.29 is 9.62 Å². The van der Waals surface area contributed by atoms with Crippen LogP contribution in [0.4, 0.5) is 0 Å². The number of nitrogens with two attached hydrogens (primary N) is 1. The van der Waals surface area contributed by atoms with E-state index in [2.05, 4.69) is 15.5 Å². The number of aromatic nitrogens is 1. The summed E-state index contributed by atoms with van der Waals surface area (Å²) >= 11 is 0. The molecule has 0 amide bonds. The van der Waals surface area contributed by atoms with Crippen LogP contribution in [0.15, 0.2) is 15.8 Å². The number of oxazole rings is 1. The zero-order valence-corrected chi connectivity index (χ0v) is 10.3. The fraction of sp³-hybridized carbons (Fsp3) is 0.636. The smallest absolute Gasteiger partial charge is 0.211 e. The molecule has 0 aliphatic carbocycles. The molecular weight excluding hydrogens is 220 g/mol. The third kappa shape index (κ3) is 4.86. The van der Waals surface area contributed by atoms with Crippen molar-refractivity contribution in [1.29, 1.82) is 0 Å². The Balaban J connectivity index is 2.14. The summed E-state index contributed by atoms with van der Waals surface area (Å²) in [7, 11) is 0. The van der Waals surface area contributed by atoms with Gasteiger partial charge in [0.2, 0.25) is 5.89 Å². The van der Waals surface area contributed by atoms with Crippen LogP contribution >= 0.6 is 0 Å². The molecule has 96 valence electrons. The van der Waals surface area contributed by atoms with Gasteiger partial charge < -0.3 is 20.7 Å². The highest BCUT2D eigenvalue weighted by atomic mass is 16.4. The van der Waals surface area contributed by atoms with Gasteiger partial charge in [-0.25, -0.2) is 4.98 Å². The van der Waals surface area contributed by atoms with Gasteiger partial charge in [0.1, 0.15) is 11.6 Å². The van der Waals surface area contributed by atoms with Crippen molar-refractivity contribution in [1.82, 2.24) is 10.3 Å². The monoisotopic (exact) mass is 240 g/mol. The first-order chi connectivity index (χ1) is 8.13. The van der Waals surface area contributed by atoms with Crippen molar-refractivity contribution in [2.24, 2.45) is 10.9 Å². The summed E-state index contributed by atoms with van der Waals surface area (Å²) in [6.07, 6.45) is 4.18. The van der Waals surface area contributed by atoms with Gasteiger partial charge >= 0.3 is 0 Å². The molecule has 1 aromatic rings. The molecule has 4 N–H and O–H groups in total. The number of nitrogens with one attached hydrogen (secondary N) is 1. The fourth-order valence-corrected chi connectivity index (χ4v) is 1.46. The minimum absolute atomic E-state index is 0.104. The van der Waals surface area contributed by atoms with Gasteiger partial charge in [-0.3, -0.25) is 0 Å². The standard InChI is InChI=1S/C11H20N4O2/c1-8-7-14-11(17-8)9(2)13-6-4-3-5-10(12)15-16/h7,9,13,16H,3-6H2,1-2H3,(H2,12,15). The second-order valence-corrected chi connectivity index (χ2v) is 4.03. The number of unbranched alkanes of at least 4 members (excludes halogenated alkanes) is 1. The van der Waals surface area contributed by atoms with E-state index in [4.69, 9.17) is 15.4 Å². The predicted molar refractivity (Wildman–Crippen MR) is 64.9 cm³/mol. The fourth-order valence-electron chi connectivity index (χ4n) is 1.46. The van der Waals surface area contributed by atoms with E-state index in [1.165, 1.54) is 0 Å². The summed E-state index contributed by atoms with van der Waals surface area (Å²) in [5.74, 6) is 1.81. The number of amidine groups is 1. The highest BCUT2D eigenvalue weighted by Gasteiger charge is 2.09. The summed E-state index contributed by atoms with van der Waals surface area (Å²) in [6, 6.07) is 0.104. The van der Waals surface area contributed by atoms with E-state index in [-0.39, 0.29) is 11.9 Å². The lowest BCUT2D eigenvalue weighted by atomic mass is 10.2. The second-order valence-electron chi connectivity index (χ2n) is 4.03. The molecule has 1 unspecified atom stereocenters. The van der Waals surface area contributed by atoms with Gasteiger partial charge in [0, 0.05) is 6.42 Å². The second kappa shape index (κ2) is 6.90. The Bertz CT molecular complexity index is 362. The number of hydrogen-bond acceptors (Lipinski definition) is 5. The van der Waals surface area contributed by atoms with Crippen LogP contribution in [0.25, 0.3) is 0 Å². The number of nitrogens with zero attached hydrogens (tertiary/aromatic N) is 2. The number of aryl methyl sites for hydroxylation is 1. The first-order valence-corrected chi connectivity index (χ1v) is 5.75. The van der Waals surface area contributed by atoms with Crippen LogP contribution in [0.2, 0.25) is 0 Å². The summed E-state index contributed by atoms with van der Waals surface area (Å²) in [6.45, 7) is 4.73. The first kappa shape index (κ1) is 13.5. The Hall–Kier alpha value is -1.56. The van der Waals surface area contributed by atoms with Gasteiger partial charge in [-0.05, 0) is 33.2 Å². The summed E-state index contributed by atoms with van der Waals surface area (Å²) < 4.78 is 5.41. The molecule has 6 heteroatoms. The van der Waals surface area contributed by atoms with Crippen LogP contribution in [0.1, 0.15) is 43.9 Å². The molecule has 1 atom stereocenters. The van der Waals surface area contributed by atoms with Crippen molar-refractivity contribution in [3.63, 3.8) is 0 Å². The van der Waals surface area contributed by atoms with E-state index >= 15 is 0 Å². The molecule has 0 saturated carbocycles. The number of rotatable bonds is 7. The maximum Gasteiger partial charge on any atom is 0.211 e. The van der Waals surface area contributed by atoms with E-state index in [0.29, 0.717) is 12.3 Å². The molecule has 0 bridgehead atoms. The van der Waals surface area contributed by atoms with Crippen molar-refractivity contribution in [2.45, 2.75) is 39.2 Å². The van der Waals surface area contributed by atoms with Crippen molar-refractivity contribution >= 4 is 5.84 Å². The van der Waals surface area contributed by atoms with E-state index in [1.54, 1.807) is 6.20 Å². The molecule has 0 fully saturated rings. The topological polar surface area (TPSA) is 96.7 Å². The molecule has 0 aliphatic rings. The Kier molecular flexibility index (Phi) is 5.48. The molecule has 0 aliphatic heterocycles. The van der Waals surface area contributed by atoms with Crippen molar-refractivity contribution in [3.05, 3.63) is 17.8 Å².